The quantitative estimate of drug-likeness (QED) is 0.720. The first kappa shape index (κ1) is 14.9. The van der Waals surface area contributed by atoms with E-state index < -0.39 is 6.04 Å². The summed E-state index contributed by atoms with van der Waals surface area (Å²) in [6.45, 7) is 4.85. The number of aryl methyl sites for hydroxylation is 2. The molecule has 0 unspecified atom stereocenters. The third-order valence-corrected chi connectivity index (χ3v) is 4.25. The summed E-state index contributed by atoms with van der Waals surface area (Å²) in [5.41, 5.74) is 1.54. The molecular weight excluding hydrogens is 310 g/mol. The number of para-hydroxylation sites is 1. The maximum atomic E-state index is 13.1. The van der Waals surface area contributed by atoms with Crippen LogP contribution < -0.4 is 0 Å². The van der Waals surface area contributed by atoms with Crippen molar-refractivity contribution < 1.29 is 18.4 Å². The molecule has 1 aliphatic heterocycles. The van der Waals surface area contributed by atoms with Crippen LogP contribution in [0.3, 0.4) is 0 Å². The van der Waals surface area contributed by atoms with Gasteiger partial charge in [-0.15, -0.1) is 10.2 Å². The zero-order valence-electron chi connectivity index (χ0n) is 13.5. The van der Waals surface area contributed by atoms with E-state index in [4.69, 9.17) is 13.6 Å². The van der Waals surface area contributed by atoms with Gasteiger partial charge in [-0.05, 0) is 13.0 Å². The normalized spacial score (nSPS) is 18.2. The van der Waals surface area contributed by atoms with Crippen LogP contribution >= 0.6 is 0 Å². The first-order valence-corrected chi connectivity index (χ1v) is 7.82. The van der Waals surface area contributed by atoms with Crippen molar-refractivity contribution in [3.8, 4) is 0 Å². The Morgan fingerprint density at radius 3 is 2.79 bits per heavy atom. The van der Waals surface area contributed by atoms with E-state index in [0.29, 0.717) is 42.9 Å². The maximum Gasteiger partial charge on any atom is 0.290 e. The fourth-order valence-corrected chi connectivity index (χ4v) is 3.01. The Morgan fingerprint density at radius 2 is 2.04 bits per heavy atom. The first-order valence-electron chi connectivity index (χ1n) is 7.82. The van der Waals surface area contributed by atoms with Gasteiger partial charge in [-0.1, -0.05) is 18.2 Å². The maximum absolute atomic E-state index is 13.1. The van der Waals surface area contributed by atoms with Crippen molar-refractivity contribution in [1.82, 2.24) is 15.1 Å². The molecular formula is C17H17N3O4. The Bertz CT molecular complexity index is 898. The minimum atomic E-state index is -0.403. The largest absolute Gasteiger partial charge is 0.451 e. The Morgan fingerprint density at radius 1 is 1.21 bits per heavy atom. The molecule has 1 atom stereocenters. The van der Waals surface area contributed by atoms with Crippen LogP contribution in [0.5, 0.6) is 0 Å². The summed E-state index contributed by atoms with van der Waals surface area (Å²) in [4.78, 5) is 14.7. The number of carbonyl (C=O) groups excluding carboxylic acids is 1. The smallest absolute Gasteiger partial charge is 0.290 e. The van der Waals surface area contributed by atoms with Gasteiger partial charge in [-0.3, -0.25) is 4.79 Å². The van der Waals surface area contributed by atoms with Gasteiger partial charge in [-0.2, -0.15) is 0 Å². The Hall–Kier alpha value is -2.67. The Labute approximate surface area is 138 Å². The average molecular weight is 327 g/mol. The number of nitrogens with zero attached hydrogens (tertiary/aromatic N) is 3. The average Bonchev–Trinajstić information content (AvgIpc) is 3.18. The second-order valence-electron chi connectivity index (χ2n) is 5.80. The van der Waals surface area contributed by atoms with E-state index in [1.54, 1.807) is 11.8 Å². The SMILES string of the molecule is Cc1nnc([C@H]2COCCN2C(=O)c2oc3ccccc3c2C)o1. The first-order chi connectivity index (χ1) is 11.6. The van der Waals surface area contributed by atoms with E-state index in [1.165, 1.54) is 0 Å². The molecule has 1 aliphatic rings. The van der Waals surface area contributed by atoms with Crippen molar-refractivity contribution in [2.24, 2.45) is 0 Å². The van der Waals surface area contributed by atoms with Crippen LogP contribution in [0.2, 0.25) is 0 Å². The van der Waals surface area contributed by atoms with Gasteiger partial charge in [0.1, 0.15) is 11.6 Å². The minimum absolute atomic E-state index is 0.187. The van der Waals surface area contributed by atoms with Gasteiger partial charge in [0, 0.05) is 24.4 Å². The summed E-state index contributed by atoms with van der Waals surface area (Å²) in [6.07, 6.45) is 0. The number of hydrogen-bond acceptors (Lipinski definition) is 6. The van der Waals surface area contributed by atoms with E-state index >= 15 is 0 Å². The predicted octanol–water partition coefficient (Wildman–Crippen LogP) is 2.65. The van der Waals surface area contributed by atoms with Crippen molar-refractivity contribution in [1.29, 1.82) is 0 Å². The molecule has 0 aliphatic carbocycles. The van der Waals surface area contributed by atoms with Gasteiger partial charge in [0.25, 0.3) is 5.91 Å². The van der Waals surface area contributed by atoms with Crippen LogP contribution in [-0.4, -0.2) is 40.8 Å². The second kappa shape index (κ2) is 5.76. The van der Waals surface area contributed by atoms with Crippen molar-refractivity contribution >= 4 is 16.9 Å². The number of ether oxygens (including phenoxy) is 1. The molecule has 0 bridgehead atoms. The number of fused-ring (bicyclic) bond motifs is 1. The highest BCUT2D eigenvalue weighted by Crippen LogP contribution is 2.30. The highest BCUT2D eigenvalue weighted by atomic mass is 16.5. The van der Waals surface area contributed by atoms with Gasteiger partial charge in [0.2, 0.25) is 11.8 Å². The molecule has 0 N–H and O–H groups in total. The Balaban J connectivity index is 1.71. The lowest BCUT2D eigenvalue weighted by Crippen LogP contribution is -2.43. The molecule has 1 aromatic carbocycles. The number of hydrogen-bond donors (Lipinski definition) is 0. The molecule has 4 rings (SSSR count). The van der Waals surface area contributed by atoms with Crippen LogP contribution in [0.15, 0.2) is 33.1 Å². The molecule has 3 heterocycles. The summed E-state index contributed by atoms with van der Waals surface area (Å²) < 4.78 is 16.8. The number of furan rings is 1. The van der Waals surface area contributed by atoms with Crippen molar-refractivity contribution in [3.63, 3.8) is 0 Å². The van der Waals surface area contributed by atoms with Crippen LogP contribution in [0.1, 0.15) is 33.9 Å². The number of morpholine rings is 1. The molecule has 0 spiro atoms. The van der Waals surface area contributed by atoms with E-state index in [2.05, 4.69) is 10.2 Å². The lowest BCUT2D eigenvalue weighted by molar-refractivity contribution is -0.0120. The molecule has 7 nitrogen and oxygen atoms in total. The summed E-state index contributed by atoms with van der Waals surface area (Å²) in [6, 6.07) is 7.22. The summed E-state index contributed by atoms with van der Waals surface area (Å²) in [7, 11) is 0. The fraction of sp³-hybridized carbons (Fsp3) is 0.353. The summed E-state index contributed by atoms with van der Waals surface area (Å²) in [5.74, 6) is 1.00. The molecule has 0 radical (unpaired) electrons. The molecule has 1 fully saturated rings. The standard InChI is InChI=1S/C17H17N3O4/c1-10-12-5-3-4-6-14(12)24-15(10)17(21)20-7-8-22-9-13(20)16-19-18-11(2)23-16/h3-6,13H,7-9H2,1-2H3/t13-/m1/s1. The van der Waals surface area contributed by atoms with E-state index in [1.807, 2.05) is 31.2 Å². The van der Waals surface area contributed by atoms with Crippen LogP contribution in [0, 0.1) is 13.8 Å². The lowest BCUT2D eigenvalue weighted by atomic mass is 10.1. The lowest BCUT2D eigenvalue weighted by Gasteiger charge is -2.32. The number of amides is 1. The number of rotatable bonds is 2. The summed E-state index contributed by atoms with van der Waals surface area (Å²) in [5, 5.41) is 8.83. The van der Waals surface area contributed by atoms with Gasteiger partial charge < -0.3 is 18.5 Å². The highest BCUT2D eigenvalue weighted by Gasteiger charge is 2.35. The third kappa shape index (κ3) is 2.37. The van der Waals surface area contributed by atoms with Crippen molar-refractivity contribution in [2.75, 3.05) is 19.8 Å². The topological polar surface area (TPSA) is 81.6 Å². The molecule has 3 aromatic rings. The van der Waals surface area contributed by atoms with Crippen LogP contribution in [0.4, 0.5) is 0 Å². The molecule has 1 amide bonds. The van der Waals surface area contributed by atoms with Crippen molar-refractivity contribution in [3.05, 3.63) is 47.4 Å². The van der Waals surface area contributed by atoms with E-state index in [0.717, 1.165) is 10.9 Å². The van der Waals surface area contributed by atoms with Crippen molar-refractivity contribution in [2.45, 2.75) is 19.9 Å². The predicted molar refractivity (Wildman–Crippen MR) is 84.6 cm³/mol. The Kier molecular flexibility index (Phi) is 3.57. The van der Waals surface area contributed by atoms with Gasteiger partial charge in [0.15, 0.2) is 5.76 Å². The zero-order chi connectivity index (χ0) is 16.7. The highest BCUT2D eigenvalue weighted by molar-refractivity contribution is 5.99. The van der Waals surface area contributed by atoms with Crippen LogP contribution in [-0.2, 0) is 4.74 Å². The zero-order valence-corrected chi connectivity index (χ0v) is 13.5. The number of carbonyl (C=O) groups is 1. The molecule has 0 saturated carbocycles. The molecule has 124 valence electrons. The van der Waals surface area contributed by atoms with E-state index in [-0.39, 0.29) is 5.91 Å². The summed E-state index contributed by atoms with van der Waals surface area (Å²) >= 11 is 0. The monoisotopic (exact) mass is 327 g/mol. The van der Waals surface area contributed by atoms with Gasteiger partial charge >= 0.3 is 0 Å². The minimum Gasteiger partial charge on any atom is -0.451 e. The van der Waals surface area contributed by atoms with Gasteiger partial charge in [-0.25, -0.2) is 0 Å². The molecule has 7 heteroatoms. The fourth-order valence-electron chi connectivity index (χ4n) is 3.01. The molecule has 24 heavy (non-hydrogen) atoms. The number of aromatic nitrogens is 2. The van der Waals surface area contributed by atoms with E-state index in [9.17, 15) is 4.79 Å². The third-order valence-electron chi connectivity index (χ3n) is 4.25. The molecule has 2 aromatic heterocycles. The molecule has 1 saturated heterocycles. The van der Waals surface area contributed by atoms with Gasteiger partial charge in [0.05, 0.1) is 13.2 Å². The van der Waals surface area contributed by atoms with Crippen LogP contribution in [0.25, 0.3) is 11.0 Å². The second-order valence-corrected chi connectivity index (χ2v) is 5.80. The number of benzene rings is 1.